The molecule has 1 aromatic carbocycles. The third-order valence-corrected chi connectivity index (χ3v) is 4.05. The van der Waals surface area contributed by atoms with Crippen LogP contribution in [0.3, 0.4) is 0 Å². The van der Waals surface area contributed by atoms with Crippen LogP contribution < -0.4 is 5.32 Å². The maximum absolute atomic E-state index is 11.9. The van der Waals surface area contributed by atoms with E-state index in [1.165, 1.54) is 0 Å². The van der Waals surface area contributed by atoms with Crippen LogP contribution in [0.1, 0.15) is 31.7 Å². The van der Waals surface area contributed by atoms with Gasteiger partial charge in [0, 0.05) is 18.6 Å². The molecule has 2 N–H and O–H groups in total. The van der Waals surface area contributed by atoms with E-state index in [9.17, 15) is 9.59 Å². The van der Waals surface area contributed by atoms with Gasteiger partial charge in [0.15, 0.2) is 0 Å². The Morgan fingerprint density at radius 3 is 2.74 bits per heavy atom. The van der Waals surface area contributed by atoms with Gasteiger partial charge in [0.05, 0.1) is 12.5 Å². The molecule has 2 rings (SSSR count). The molecular formula is C17H23NO5. The number of hydrogen-bond acceptors (Lipinski definition) is 4. The fourth-order valence-corrected chi connectivity index (χ4v) is 2.83. The fourth-order valence-electron chi connectivity index (χ4n) is 2.83. The highest BCUT2D eigenvalue weighted by molar-refractivity contribution is 5.69. The second-order valence-corrected chi connectivity index (χ2v) is 5.81. The Morgan fingerprint density at radius 2 is 2.13 bits per heavy atom. The van der Waals surface area contributed by atoms with Crippen molar-refractivity contribution in [2.75, 3.05) is 6.61 Å². The molecular weight excluding hydrogens is 298 g/mol. The Bertz CT molecular complexity index is 513. The number of carboxylic acids is 1. The number of benzene rings is 1. The van der Waals surface area contributed by atoms with E-state index in [1.807, 2.05) is 30.3 Å². The molecule has 0 bridgehead atoms. The predicted octanol–water partition coefficient (Wildman–Crippen LogP) is 2.57. The minimum atomic E-state index is -0.892. The van der Waals surface area contributed by atoms with Crippen LogP contribution in [0.25, 0.3) is 0 Å². The molecule has 3 atom stereocenters. The Kier molecular flexibility index (Phi) is 6.40. The van der Waals surface area contributed by atoms with Crippen LogP contribution in [0.4, 0.5) is 4.79 Å². The largest absolute Gasteiger partial charge is 0.481 e. The molecule has 1 amide bonds. The van der Waals surface area contributed by atoms with Gasteiger partial charge in [-0.25, -0.2) is 4.79 Å². The summed E-state index contributed by atoms with van der Waals surface area (Å²) in [6, 6.07) is 9.05. The van der Waals surface area contributed by atoms with Crippen molar-refractivity contribution in [2.24, 2.45) is 5.92 Å². The molecule has 1 aliphatic heterocycles. The molecule has 0 spiro atoms. The standard InChI is InChI=1S/C17H23NO5/c1-12(14(10-16(19)20)15-8-5-9-22-15)18-17(21)23-11-13-6-3-2-4-7-13/h2-4,6-7,12,14-15H,5,8-11H2,1H3,(H,18,21)(H,19,20)/t12-,14-,15-/m0/s1. The second-order valence-electron chi connectivity index (χ2n) is 5.81. The lowest BCUT2D eigenvalue weighted by Crippen LogP contribution is -2.43. The maximum atomic E-state index is 11.9. The summed E-state index contributed by atoms with van der Waals surface area (Å²) in [7, 11) is 0. The highest BCUT2D eigenvalue weighted by Crippen LogP contribution is 2.26. The zero-order chi connectivity index (χ0) is 16.7. The van der Waals surface area contributed by atoms with Gasteiger partial charge in [-0.1, -0.05) is 30.3 Å². The first-order valence-electron chi connectivity index (χ1n) is 7.87. The molecule has 1 aliphatic rings. The smallest absolute Gasteiger partial charge is 0.407 e. The van der Waals surface area contributed by atoms with Crippen LogP contribution in [0, 0.1) is 5.92 Å². The van der Waals surface area contributed by atoms with Crippen LogP contribution in [-0.2, 0) is 20.9 Å². The maximum Gasteiger partial charge on any atom is 0.407 e. The highest BCUT2D eigenvalue weighted by atomic mass is 16.5. The number of carbonyl (C=O) groups is 2. The van der Waals surface area contributed by atoms with Crippen molar-refractivity contribution in [3.8, 4) is 0 Å². The minimum absolute atomic E-state index is 0.0369. The van der Waals surface area contributed by atoms with Crippen LogP contribution in [0.15, 0.2) is 30.3 Å². The first-order chi connectivity index (χ1) is 11.1. The molecule has 6 heteroatoms. The molecule has 0 saturated carbocycles. The van der Waals surface area contributed by atoms with E-state index in [-0.39, 0.29) is 31.1 Å². The van der Waals surface area contributed by atoms with Crippen molar-refractivity contribution < 1.29 is 24.2 Å². The molecule has 126 valence electrons. The topological polar surface area (TPSA) is 84.9 Å². The average molecular weight is 321 g/mol. The van der Waals surface area contributed by atoms with Gasteiger partial charge in [-0.05, 0) is 25.3 Å². The molecule has 6 nitrogen and oxygen atoms in total. The number of nitrogens with one attached hydrogen (secondary N) is 1. The van der Waals surface area contributed by atoms with E-state index >= 15 is 0 Å². The van der Waals surface area contributed by atoms with E-state index in [0.29, 0.717) is 6.61 Å². The van der Waals surface area contributed by atoms with E-state index in [4.69, 9.17) is 14.6 Å². The first-order valence-corrected chi connectivity index (χ1v) is 7.87. The summed E-state index contributed by atoms with van der Waals surface area (Å²) in [6.45, 7) is 2.62. The quantitative estimate of drug-likeness (QED) is 0.806. The highest BCUT2D eigenvalue weighted by Gasteiger charge is 2.33. The Labute approximate surface area is 135 Å². The summed E-state index contributed by atoms with van der Waals surface area (Å²) in [5, 5.41) is 11.8. The van der Waals surface area contributed by atoms with Gasteiger partial charge < -0.3 is 19.9 Å². The van der Waals surface area contributed by atoms with Crippen LogP contribution >= 0.6 is 0 Å². The van der Waals surface area contributed by atoms with Crippen molar-refractivity contribution in [2.45, 2.75) is 44.9 Å². The average Bonchev–Trinajstić information content (AvgIpc) is 3.05. The Hall–Kier alpha value is -2.08. The normalized spacial score (nSPS) is 19.8. The van der Waals surface area contributed by atoms with Crippen LogP contribution in [-0.4, -0.2) is 35.9 Å². The van der Waals surface area contributed by atoms with E-state index < -0.39 is 12.1 Å². The zero-order valence-electron chi connectivity index (χ0n) is 13.2. The lowest BCUT2D eigenvalue weighted by atomic mass is 9.90. The SMILES string of the molecule is C[C@H](NC(=O)OCc1ccccc1)[C@H](CC(=O)O)[C@@H]1CCCO1. The lowest BCUT2D eigenvalue weighted by molar-refractivity contribution is -0.139. The summed E-state index contributed by atoms with van der Waals surface area (Å²) in [5.41, 5.74) is 0.900. The molecule has 0 aliphatic carbocycles. The molecule has 0 radical (unpaired) electrons. The molecule has 0 aromatic heterocycles. The molecule has 0 unspecified atom stereocenters. The van der Waals surface area contributed by atoms with Gasteiger partial charge in [-0.15, -0.1) is 0 Å². The van der Waals surface area contributed by atoms with E-state index in [1.54, 1.807) is 6.92 Å². The summed E-state index contributed by atoms with van der Waals surface area (Å²) in [6.07, 6.45) is 1.03. The number of aliphatic carboxylic acids is 1. The molecule has 1 fully saturated rings. The number of carboxylic acid groups (broad SMARTS) is 1. The second kappa shape index (κ2) is 8.53. The molecule has 1 heterocycles. The summed E-state index contributed by atoms with van der Waals surface area (Å²) < 4.78 is 10.8. The third kappa shape index (κ3) is 5.56. The number of ether oxygens (including phenoxy) is 2. The minimum Gasteiger partial charge on any atom is -0.481 e. The van der Waals surface area contributed by atoms with Gasteiger partial charge in [-0.2, -0.15) is 0 Å². The van der Waals surface area contributed by atoms with Gasteiger partial charge in [-0.3, -0.25) is 4.79 Å². The zero-order valence-corrected chi connectivity index (χ0v) is 13.2. The predicted molar refractivity (Wildman–Crippen MR) is 83.9 cm³/mol. The summed E-state index contributed by atoms with van der Waals surface area (Å²) in [4.78, 5) is 23.0. The van der Waals surface area contributed by atoms with Crippen LogP contribution in [0.2, 0.25) is 0 Å². The number of carbonyl (C=O) groups excluding carboxylic acids is 1. The van der Waals surface area contributed by atoms with Crippen molar-refractivity contribution in [1.82, 2.24) is 5.32 Å². The lowest BCUT2D eigenvalue weighted by Gasteiger charge is -2.28. The van der Waals surface area contributed by atoms with Crippen molar-refractivity contribution in [3.05, 3.63) is 35.9 Å². The van der Waals surface area contributed by atoms with Gasteiger partial charge in [0.25, 0.3) is 0 Å². The van der Waals surface area contributed by atoms with Crippen molar-refractivity contribution in [1.29, 1.82) is 0 Å². The number of alkyl carbamates (subject to hydrolysis) is 1. The third-order valence-electron chi connectivity index (χ3n) is 4.05. The summed E-state index contributed by atoms with van der Waals surface area (Å²) >= 11 is 0. The van der Waals surface area contributed by atoms with Gasteiger partial charge in [0.1, 0.15) is 6.61 Å². The number of hydrogen-bond donors (Lipinski definition) is 2. The number of amides is 1. The molecule has 1 saturated heterocycles. The first kappa shape index (κ1) is 17.3. The van der Waals surface area contributed by atoms with E-state index in [2.05, 4.69) is 5.32 Å². The number of rotatable bonds is 7. The molecule has 23 heavy (non-hydrogen) atoms. The molecule has 1 aromatic rings. The monoisotopic (exact) mass is 321 g/mol. The van der Waals surface area contributed by atoms with Crippen molar-refractivity contribution >= 4 is 12.1 Å². The Morgan fingerprint density at radius 1 is 1.39 bits per heavy atom. The van der Waals surface area contributed by atoms with Crippen molar-refractivity contribution in [3.63, 3.8) is 0 Å². The van der Waals surface area contributed by atoms with Crippen LogP contribution in [0.5, 0.6) is 0 Å². The fraction of sp³-hybridized carbons (Fsp3) is 0.529. The van der Waals surface area contributed by atoms with Gasteiger partial charge >= 0.3 is 12.1 Å². The summed E-state index contributed by atoms with van der Waals surface area (Å²) in [5.74, 6) is -1.16. The van der Waals surface area contributed by atoms with E-state index in [0.717, 1.165) is 18.4 Å². The van der Waals surface area contributed by atoms with Gasteiger partial charge in [0.2, 0.25) is 0 Å². The Balaban J connectivity index is 1.85.